The minimum Gasteiger partial charge on any atom is -0.368 e. The van der Waals surface area contributed by atoms with E-state index < -0.39 is 0 Å². The Morgan fingerprint density at radius 1 is 1.24 bits per heavy atom. The van der Waals surface area contributed by atoms with E-state index in [0.29, 0.717) is 11.9 Å². The van der Waals surface area contributed by atoms with Crippen LogP contribution in [0.1, 0.15) is 43.3 Å². The summed E-state index contributed by atoms with van der Waals surface area (Å²) in [7, 11) is 0. The highest BCUT2D eigenvalue weighted by Gasteiger charge is 2.26. The van der Waals surface area contributed by atoms with Crippen molar-refractivity contribution in [2.24, 2.45) is 5.92 Å². The molecule has 0 amide bonds. The number of nitrogens with one attached hydrogen (secondary N) is 1. The highest BCUT2D eigenvalue weighted by atomic mass is 15.2. The highest BCUT2D eigenvalue weighted by molar-refractivity contribution is 5.40. The van der Waals surface area contributed by atoms with E-state index >= 15 is 0 Å². The van der Waals surface area contributed by atoms with Gasteiger partial charge >= 0.3 is 0 Å². The molecule has 3 rings (SSSR count). The number of nitrogens with zero attached hydrogens (tertiary/aromatic N) is 3. The summed E-state index contributed by atoms with van der Waals surface area (Å²) in [5, 5.41) is 3.46. The number of nitrogen functional groups attached to an aromatic ring is 1. The molecule has 1 aromatic heterocycles. The van der Waals surface area contributed by atoms with Gasteiger partial charge in [0.1, 0.15) is 5.82 Å². The number of anilines is 2. The zero-order valence-corrected chi connectivity index (χ0v) is 12.5. The topological polar surface area (TPSA) is 76.7 Å². The van der Waals surface area contributed by atoms with Crippen LogP contribution in [0.4, 0.5) is 11.9 Å². The zero-order valence-electron chi connectivity index (χ0n) is 12.5. The lowest BCUT2D eigenvalue weighted by molar-refractivity contribution is 0.432. The monoisotopic (exact) mass is 283 g/mol. The maximum absolute atomic E-state index is 5.77. The molecular formula is C16H21N5. The quantitative estimate of drug-likeness (QED) is 0.905. The van der Waals surface area contributed by atoms with Gasteiger partial charge in [0.05, 0.1) is 6.04 Å². The van der Waals surface area contributed by atoms with Crippen LogP contribution in [-0.2, 0) is 12.8 Å². The summed E-state index contributed by atoms with van der Waals surface area (Å²) in [6, 6.07) is 8.80. The second-order valence-corrected chi connectivity index (χ2v) is 5.62. The number of rotatable bonds is 3. The fourth-order valence-electron chi connectivity index (χ4n) is 2.94. The molecule has 1 aliphatic carbocycles. The molecule has 0 bridgehead atoms. The minimum absolute atomic E-state index is 0.224. The van der Waals surface area contributed by atoms with Gasteiger partial charge < -0.3 is 11.1 Å². The number of aryl methyl sites for hydroxylation is 2. The molecular weight excluding hydrogens is 262 g/mol. The van der Waals surface area contributed by atoms with Gasteiger partial charge in [0.2, 0.25) is 11.9 Å². The van der Waals surface area contributed by atoms with Crippen molar-refractivity contribution >= 4 is 11.9 Å². The Hall–Kier alpha value is -2.17. The van der Waals surface area contributed by atoms with Gasteiger partial charge in [-0.2, -0.15) is 15.0 Å². The van der Waals surface area contributed by atoms with Gasteiger partial charge in [-0.05, 0) is 29.9 Å². The van der Waals surface area contributed by atoms with Crippen molar-refractivity contribution in [2.75, 3.05) is 11.1 Å². The SMILES string of the molecule is CCc1nc(N)nc(N[C@H]2c3ccccc3CC[C@@H]2C)n1. The van der Waals surface area contributed by atoms with Gasteiger partial charge in [-0.1, -0.05) is 38.1 Å². The van der Waals surface area contributed by atoms with Crippen molar-refractivity contribution in [3.63, 3.8) is 0 Å². The van der Waals surface area contributed by atoms with Crippen molar-refractivity contribution in [1.29, 1.82) is 0 Å². The first-order chi connectivity index (χ1) is 10.2. The van der Waals surface area contributed by atoms with Crippen LogP contribution < -0.4 is 11.1 Å². The molecule has 0 spiro atoms. The summed E-state index contributed by atoms with van der Waals surface area (Å²) in [5.74, 6) is 2.11. The van der Waals surface area contributed by atoms with Gasteiger partial charge in [0, 0.05) is 6.42 Å². The van der Waals surface area contributed by atoms with E-state index in [1.807, 2.05) is 6.92 Å². The van der Waals surface area contributed by atoms with Gasteiger partial charge in [0.25, 0.3) is 0 Å². The van der Waals surface area contributed by atoms with Crippen molar-refractivity contribution < 1.29 is 0 Å². The average molecular weight is 283 g/mol. The number of fused-ring (bicyclic) bond motifs is 1. The molecule has 1 aliphatic rings. The van der Waals surface area contributed by atoms with Crippen LogP contribution >= 0.6 is 0 Å². The summed E-state index contributed by atoms with van der Waals surface area (Å²) in [6.07, 6.45) is 3.04. The van der Waals surface area contributed by atoms with Crippen LogP contribution in [0.3, 0.4) is 0 Å². The van der Waals surface area contributed by atoms with E-state index in [-0.39, 0.29) is 12.0 Å². The Kier molecular flexibility index (Phi) is 3.73. The van der Waals surface area contributed by atoms with Crippen LogP contribution in [-0.4, -0.2) is 15.0 Å². The molecule has 0 saturated heterocycles. The summed E-state index contributed by atoms with van der Waals surface area (Å²) in [6.45, 7) is 4.27. The molecule has 0 saturated carbocycles. The van der Waals surface area contributed by atoms with Gasteiger partial charge in [-0.15, -0.1) is 0 Å². The number of hydrogen-bond acceptors (Lipinski definition) is 5. The molecule has 5 nitrogen and oxygen atoms in total. The van der Waals surface area contributed by atoms with Crippen LogP contribution in [0.5, 0.6) is 0 Å². The number of benzene rings is 1. The van der Waals surface area contributed by atoms with E-state index in [1.165, 1.54) is 11.1 Å². The standard InChI is InChI=1S/C16H21N5/c1-3-13-18-15(17)21-16(19-13)20-14-10(2)8-9-11-6-4-5-7-12(11)14/h4-7,10,14H,3,8-9H2,1-2H3,(H3,17,18,19,20,21)/t10-,14+/m0/s1. The third-order valence-corrected chi connectivity index (χ3v) is 4.13. The molecule has 0 aliphatic heterocycles. The second kappa shape index (κ2) is 5.68. The summed E-state index contributed by atoms with van der Waals surface area (Å²) in [5.41, 5.74) is 8.52. The van der Waals surface area contributed by atoms with Crippen LogP contribution in [0.15, 0.2) is 24.3 Å². The molecule has 0 fully saturated rings. The number of nitrogens with two attached hydrogens (primary N) is 1. The summed E-state index contributed by atoms with van der Waals surface area (Å²) >= 11 is 0. The van der Waals surface area contributed by atoms with Gasteiger partial charge in [-0.25, -0.2) is 0 Å². The predicted molar refractivity (Wildman–Crippen MR) is 83.9 cm³/mol. The van der Waals surface area contributed by atoms with Crippen LogP contribution in [0.25, 0.3) is 0 Å². The molecule has 21 heavy (non-hydrogen) atoms. The Morgan fingerprint density at radius 2 is 2.05 bits per heavy atom. The molecule has 110 valence electrons. The minimum atomic E-state index is 0.224. The summed E-state index contributed by atoms with van der Waals surface area (Å²) < 4.78 is 0. The fourth-order valence-corrected chi connectivity index (χ4v) is 2.94. The Bertz CT molecular complexity index is 640. The third kappa shape index (κ3) is 2.82. The predicted octanol–water partition coefficient (Wildman–Crippen LogP) is 2.75. The second-order valence-electron chi connectivity index (χ2n) is 5.62. The average Bonchev–Trinajstić information content (AvgIpc) is 2.49. The van der Waals surface area contributed by atoms with E-state index in [1.54, 1.807) is 0 Å². The Morgan fingerprint density at radius 3 is 2.86 bits per heavy atom. The smallest absolute Gasteiger partial charge is 0.228 e. The normalized spacial score (nSPS) is 20.9. The number of hydrogen-bond donors (Lipinski definition) is 2. The van der Waals surface area contributed by atoms with Crippen LogP contribution in [0.2, 0.25) is 0 Å². The van der Waals surface area contributed by atoms with E-state index in [2.05, 4.69) is 51.5 Å². The molecule has 3 N–H and O–H groups in total. The molecule has 0 radical (unpaired) electrons. The van der Waals surface area contributed by atoms with Gasteiger partial charge in [-0.3, -0.25) is 0 Å². The molecule has 2 aromatic rings. The highest BCUT2D eigenvalue weighted by Crippen LogP contribution is 2.35. The van der Waals surface area contributed by atoms with Crippen molar-refractivity contribution in [3.8, 4) is 0 Å². The first kappa shape index (κ1) is 13.8. The molecule has 5 heteroatoms. The largest absolute Gasteiger partial charge is 0.368 e. The molecule has 2 atom stereocenters. The fraction of sp³-hybridized carbons (Fsp3) is 0.438. The zero-order chi connectivity index (χ0) is 14.8. The Balaban J connectivity index is 1.92. The van der Waals surface area contributed by atoms with Crippen molar-refractivity contribution in [2.45, 2.75) is 39.2 Å². The van der Waals surface area contributed by atoms with E-state index in [0.717, 1.165) is 25.1 Å². The van der Waals surface area contributed by atoms with E-state index in [9.17, 15) is 0 Å². The first-order valence-electron chi connectivity index (χ1n) is 7.52. The summed E-state index contributed by atoms with van der Waals surface area (Å²) in [4.78, 5) is 12.8. The van der Waals surface area contributed by atoms with Gasteiger partial charge in [0.15, 0.2) is 0 Å². The molecule has 1 aromatic carbocycles. The van der Waals surface area contributed by atoms with E-state index in [4.69, 9.17) is 5.73 Å². The lowest BCUT2D eigenvalue weighted by Crippen LogP contribution is -2.26. The van der Waals surface area contributed by atoms with Crippen LogP contribution in [0, 0.1) is 5.92 Å². The maximum Gasteiger partial charge on any atom is 0.228 e. The third-order valence-electron chi connectivity index (χ3n) is 4.13. The maximum atomic E-state index is 5.77. The Labute approximate surface area is 125 Å². The van der Waals surface area contributed by atoms with Crippen molar-refractivity contribution in [1.82, 2.24) is 15.0 Å². The number of aromatic nitrogens is 3. The first-order valence-corrected chi connectivity index (χ1v) is 7.52. The molecule has 0 unspecified atom stereocenters. The molecule has 1 heterocycles. The van der Waals surface area contributed by atoms with Crippen molar-refractivity contribution in [3.05, 3.63) is 41.2 Å². The lowest BCUT2D eigenvalue weighted by atomic mass is 9.81. The lowest BCUT2D eigenvalue weighted by Gasteiger charge is -2.32.